The number of ether oxygens (including phenoxy) is 2. The zero-order chi connectivity index (χ0) is 21.0. The number of nitrogens with two attached hydrogens (primary N) is 1. The van der Waals surface area contributed by atoms with Gasteiger partial charge < -0.3 is 25.0 Å². The second-order valence-corrected chi connectivity index (χ2v) is 8.47. The molecule has 1 atom stereocenters. The Kier molecular flexibility index (Phi) is 6.20. The minimum atomic E-state index is -0.500. The predicted octanol–water partition coefficient (Wildman–Crippen LogP) is 4.29. The Balaban J connectivity index is 1.71. The van der Waals surface area contributed by atoms with E-state index in [4.69, 9.17) is 15.2 Å². The largest absolute Gasteiger partial charge is 0.487 e. The van der Waals surface area contributed by atoms with Crippen molar-refractivity contribution in [3.05, 3.63) is 54.1 Å². The lowest BCUT2D eigenvalue weighted by Gasteiger charge is -2.41. The van der Waals surface area contributed by atoms with Crippen LogP contribution >= 0.6 is 0 Å². The molecule has 1 fully saturated rings. The van der Waals surface area contributed by atoms with Gasteiger partial charge in [0.25, 0.3) is 0 Å². The molecule has 2 aromatic rings. The Labute approximate surface area is 173 Å². The third-order valence-corrected chi connectivity index (χ3v) is 4.82. The summed E-state index contributed by atoms with van der Waals surface area (Å²) in [5, 5.41) is 0. The molecule has 1 unspecified atom stereocenters. The number of amides is 1. The second kappa shape index (κ2) is 8.64. The van der Waals surface area contributed by atoms with E-state index in [2.05, 4.69) is 4.90 Å². The molecule has 29 heavy (non-hydrogen) atoms. The average Bonchev–Trinajstić information content (AvgIpc) is 2.66. The Morgan fingerprint density at radius 1 is 1.14 bits per heavy atom. The predicted molar refractivity (Wildman–Crippen MR) is 116 cm³/mol. The maximum absolute atomic E-state index is 12.5. The summed E-state index contributed by atoms with van der Waals surface area (Å²) in [5.74, 6) is 0.793. The van der Waals surface area contributed by atoms with E-state index in [0.29, 0.717) is 31.9 Å². The molecular formula is C23H31N3O3. The third kappa shape index (κ3) is 5.56. The lowest BCUT2D eigenvalue weighted by molar-refractivity contribution is 0.0159. The summed E-state index contributed by atoms with van der Waals surface area (Å²) in [6, 6.07) is 15.8. The summed E-state index contributed by atoms with van der Waals surface area (Å²) in [7, 11) is 0. The van der Waals surface area contributed by atoms with Crippen molar-refractivity contribution in [3.8, 4) is 5.75 Å². The molecule has 1 saturated heterocycles. The molecule has 1 aliphatic heterocycles. The Hall–Kier alpha value is -2.89. The molecule has 0 bridgehead atoms. The zero-order valence-corrected chi connectivity index (χ0v) is 17.7. The van der Waals surface area contributed by atoms with Gasteiger partial charge in [-0.25, -0.2) is 4.79 Å². The van der Waals surface area contributed by atoms with E-state index in [0.717, 1.165) is 17.0 Å². The average molecular weight is 398 g/mol. The lowest BCUT2D eigenvalue weighted by atomic mass is 10.1. The Morgan fingerprint density at radius 3 is 2.52 bits per heavy atom. The van der Waals surface area contributed by atoms with Gasteiger partial charge in [-0.1, -0.05) is 30.3 Å². The molecule has 6 nitrogen and oxygen atoms in total. The first-order chi connectivity index (χ1) is 13.7. The molecule has 3 rings (SSSR count). The van der Waals surface area contributed by atoms with Crippen molar-refractivity contribution in [1.82, 2.24) is 4.90 Å². The number of carbonyl (C=O) groups excluding carboxylic acids is 1. The van der Waals surface area contributed by atoms with Crippen LogP contribution in [0.25, 0.3) is 0 Å². The van der Waals surface area contributed by atoms with Crippen LogP contribution in [0.1, 0.15) is 33.3 Å². The number of nitrogens with zero attached hydrogens (tertiary/aromatic N) is 2. The van der Waals surface area contributed by atoms with Gasteiger partial charge in [0.1, 0.15) is 18.0 Å². The first kappa shape index (κ1) is 20.8. The van der Waals surface area contributed by atoms with Gasteiger partial charge in [-0.2, -0.15) is 0 Å². The molecule has 6 heteroatoms. The number of anilines is 2. The van der Waals surface area contributed by atoms with E-state index in [1.165, 1.54) is 0 Å². The SMILES string of the molecule is CC1CN(c2cc(N)ccc2OCc2ccccc2)CCN1C(=O)OC(C)(C)C. The monoisotopic (exact) mass is 397 g/mol. The Morgan fingerprint density at radius 2 is 1.86 bits per heavy atom. The molecule has 2 aromatic carbocycles. The minimum absolute atomic E-state index is 0.0157. The van der Waals surface area contributed by atoms with E-state index in [-0.39, 0.29) is 12.1 Å². The van der Waals surface area contributed by atoms with E-state index in [1.807, 2.05) is 76.2 Å². The smallest absolute Gasteiger partial charge is 0.410 e. The highest BCUT2D eigenvalue weighted by Gasteiger charge is 2.31. The van der Waals surface area contributed by atoms with Gasteiger partial charge in [0.2, 0.25) is 0 Å². The van der Waals surface area contributed by atoms with Crippen LogP contribution in [-0.4, -0.2) is 42.3 Å². The van der Waals surface area contributed by atoms with Crippen LogP contribution in [0.4, 0.5) is 16.2 Å². The molecule has 0 aromatic heterocycles. The molecule has 1 heterocycles. The number of nitrogen functional groups attached to an aromatic ring is 1. The summed E-state index contributed by atoms with van der Waals surface area (Å²) in [6.45, 7) is 10.1. The number of piperazine rings is 1. The molecule has 156 valence electrons. The topological polar surface area (TPSA) is 68.0 Å². The standard InChI is InChI=1S/C23H31N3O3/c1-17-15-25(12-13-26(17)22(27)29-23(2,3)4)20-14-19(24)10-11-21(20)28-16-18-8-6-5-7-9-18/h5-11,14,17H,12-13,15-16,24H2,1-4H3. The molecule has 0 aliphatic carbocycles. The zero-order valence-electron chi connectivity index (χ0n) is 17.7. The van der Waals surface area contributed by atoms with E-state index in [1.54, 1.807) is 4.90 Å². The summed E-state index contributed by atoms with van der Waals surface area (Å²) in [6.07, 6.45) is -0.266. The maximum Gasteiger partial charge on any atom is 0.410 e. The molecule has 1 aliphatic rings. The minimum Gasteiger partial charge on any atom is -0.487 e. The molecular weight excluding hydrogens is 366 g/mol. The third-order valence-electron chi connectivity index (χ3n) is 4.82. The fraction of sp³-hybridized carbons (Fsp3) is 0.435. The number of benzene rings is 2. The molecule has 0 radical (unpaired) electrons. The van der Waals surface area contributed by atoms with Crippen molar-refractivity contribution in [1.29, 1.82) is 0 Å². The van der Waals surface area contributed by atoms with Gasteiger partial charge >= 0.3 is 6.09 Å². The van der Waals surface area contributed by atoms with Crippen LogP contribution in [0.5, 0.6) is 5.75 Å². The first-order valence-electron chi connectivity index (χ1n) is 10.0. The van der Waals surface area contributed by atoms with Crippen molar-refractivity contribution in [2.45, 2.75) is 45.9 Å². The van der Waals surface area contributed by atoms with Crippen LogP contribution in [0.3, 0.4) is 0 Å². The van der Waals surface area contributed by atoms with Crippen molar-refractivity contribution in [3.63, 3.8) is 0 Å². The normalized spacial score (nSPS) is 17.2. The van der Waals surface area contributed by atoms with Gasteiger partial charge in [-0.05, 0) is 51.5 Å². The van der Waals surface area contributed by atoms with E-state index < -0.39 is 5.60 Å². The summed E-state index contributed by atoms with van der Waals surface area (Å²) in [4.78, 5) is 16.5. The molecule has 0 spiro atoms. The van der Waals surface area contributed by atoms with E-state index in [9.17, 15) is 4.79 Å². The maximum atomic E-state index is 12.5. The lowest BCUT2D eigenvalue weighted by Crippen LogP contribution is -2.55. The van der Waals surface area contributed by atoms with Crippen molar-refractivity contribution < 1.29 is 14.3 Å². The highest BCUT2D eigenvalue weighted by atomic mass is 16.6. The van der Waals surface area contributed by atoms with Crippen molar-refractivity contribution >= 4 is 17.5 Å². The fourth-order valence-electron chi connectivity index (χ4n) is 3.41. The van der Waals surface area contributed by atoms with Gasteiger partial charge in [-0.3, -0.25) is 0 Å². The van der Waals surface area contributed by atoms with Gasteiger partial charge in [0, 0.05) is 31.4 Å². The fourth-order valence-corrected chi connectivity index (χ4v) is 3.41. The van der Waals surface area contributed by atoms with Crippen LogP contribution in [0.2, 0.25) is 0 Å². The number of rotatable bonds is 4. The summed E-state index contributed by atoms with van der Waals surface area (Å²) < 4.78 is 11.6. The highest BCUT2D eigenvalue weighted by Crippen LogP contribution is 2.33. The highest BCUT2D eigenvalue weighted by molar-refractivity contribution is 5.70. The quantitative estimate of drug-likeness (QED) is 0.780. The molecule has 1 amide bonds. The molecule has 0 saturated carbocycles. The molecule has 2 N–H and O–H groups in total. The van der Waals surface area contributed by atoms with Gasteiger partial charge in [0.15, 0.2) is 0 Å². The Bertz CT molecular complexity index is 833. The second-order valence-electron chi connectivity index (χ2n) is 8.47. The van der Waals surface area contributed by atoms with Gasteiger partial charge in [-0.15, -0.1) is 0 Å². The van der Waals surface area contributed by atoms with Crippen molar-refractivity contribution in [2.75, 3.05) is 30.3 Å². The van der Waals surface area contributed by atoms with Gasteiger partial charge in [0.05, 0.1) is 5.69 Å². The van der Waals surface area contributed by atoms with Crippen LogP contribution in [-0.2, 0) is 11.3 Å². The van der Waals surface area contributed by atoms with Crippen LogP contribution in [0.15, 0.2) is 48.5 Å². The number of hydrogen-bond acceptors (Lipinski definition) is 5. The van der Waals surface area contributed by atoms with Crippen LogP contribution < -0.4 is 15.4 Å². The summed E-state index contributed by atoms with van der Waals surface area (Å²) >= 11 is 0. The van der Waals surface area contributed by atoms with E-state index >= 15 is 0 Å². The summed E-state index contributed by atoms with van der Waals surface area (Å²) in [5.41, 5.74) is 8.31. The number of hydrogen-bond donors (Lipinski definition) is 1. The van der Waals surface area contributed by atoms with Crippen LogP contribution in [0, 0.1) is 0 Å². The van der Waals surface area contributed by atoms with Crippen molar-refractivity contribution in [2.24, 2.45) is 0 Å². The number of carbonyl (C=O) groups is 1. The first-order valence-corrected chi connectivity index (χ1v) is 10.0.